The first-order valence-electron chi connectivity index (χ1n) is 5.98. The molecule has 1 aliphatic carbocycles. The van der Waals surface area contributed by atoms with E-state index in [9.17, 15) is 4.39 Å². The second kappa shape index (κ2) is 5.14. The minimum atomic E-state index is -0.387. The van der Waals surface area contributed by atoms with Crippen LogP contribution in [-0.2, 0) is 6.54 Å². The Bertz CT molecular complexity index is 585. The van der Waals surface area contributed by atoms with Crippen LogP contribution in [0, 0.1) is 5.82 Å². The predicted molar refractivity (Wildman–Crippen MR) is 68.9 cm³/mol. The maximum absolute atomic E-state index is 13.1. The lowest BCUT2D eigenvalue weighted by Crippen LogP contribution is -2.15. The topological polar surface area (TPSA) is 63.0 Å². The fourth-order valence-electron chi connectivity index (χ4n) is 1.60. The van der Waals surface area contributed by atoms with E-state index in [1.165, 1.54) is 31.0 Å². The number of anilines is 2. The fourth-order valence-corrected chi connectivity index (χ4v) is 1.77. The van der Waals surface area contributed by atoms with Gasteiger partial charge in [0.2, 0.25) is 5.89 Å². The number of halogens is 2. The van der Waals surface area contributed by atoms with E-state index in [0.29, 0.717) is 29.2 Å². The molecular weight excluding hydrogens is 271 g/mol. The first kappa shape index (κ1) is 12.4. The number of benzene rings is 1. The molecule has 19 heavy (non-hydrogen) atoms. The summed E-state index contributed by atoms with van der Waals surface area (Å²) in [5, 5.41) is 14.2. The van der Waals surface area contributed by atoms with E-state index in [4.69, 9.17) is 16.0 Å². The van der Waals surface area contributed by atoms with Crippen molar-refractivity contribution in [3.8, 4) is 0 Å². The molecule has 3 rings (SSSR count). The van der Waals surface area contributed by atoms with E-state index in [2.05, 4.69) is 20.8 Å². The van der Waals surface area contributed by atoms with Gasteiger partial charge in [-0.05, 0) is 31.0 Å². The number of nitrogens with zero attached hydrogens (tertiary/aromatic N) is 2. The second-order valence-corrected chi connectivity index (χ2v) is 4.81. The molecule has 0 spiro atoms. The van der Waals surface area contributed by atoms with Crippen LogP contribution >= 0.6 is 11.6 Å². The van der Waals surface area contributed by atoms with Gasteiger partial charge in [0, 0.05) is 6.04 Å². The molecule has 5 nitrogen and oxygen atoms in total. The second-order valence-electron chi connectivity index (χ2n) is 4.41. The molecule has 1 aromatic heterocycles. The first-order valence-corrected chi connectivity index (χ1v) is 6.36. The van der Waals surface area contributed by atoms with Gasteiger partial charge in [0.15, 0.2) is 0 Å². The van der Waals surface area contributed by atoms with Crippen LogP contribution in [-0.4, -0.2) is 16.2 Å². The van der Waals surface area contributed by atoms with Gasteiger partial charge in [0.05, 0.1) is 17.3 Å². The molecule has 0 amide bonds. The van der Waals surface area contributed by atoms with E-state index >= 15 is 0 Å². The van der Waals surface area contributed by atoms with Gasteiger partial charge in [-0.1, -0.05) is 16.7 Å². The van der Waals surface area contributed by atoms with Crippen LogP contribution in [0.2, 0.25) is 5.02 Å². The minimum Gasteiger partial charge on any atom is -0.406 e. The van der Waals surface area contributed by atoms with Gasteiger partial charge in [-0.3, -0.25) is 0 Å². The standard InChI is InChI=1S/C12H12ClFN4O/c13-9-4-1-7(14)5-10(9)16-12-18-17-11(19-12)6-15-8-2-3-8/h1,4-5,8,15H,2-3,6H2,(H,16,18). The Morgan fingerprint density at radius 1 is 1.37 bits per heavy atom. The third kappa shape index (κ3) is 3.21. The zero-order valence-corrected chi connectivity index (χ0v) is 10.7. The third-order valence-corrected chi connectivity index (χ3v) is 3.09. The number of hydrogen-bond acceptors (Lipinski definition) is 5. The minimum absolute atomic E-state index is 0.195. The van der Waals surface area contributed by atoms with Crippen LogP contribution in [0.25, 0.3) is 0 Å². The predicted octanol–water partition coefficient (Wildman–Crippen LogP) is 2.86. The average Bonchev–Trinajstić information content (AvgIpc) is 3.12. The molecule has 0 bridgehead atoms. The van der Waals surface area contributed by atoms with E-state index in [0.717, 1.165) is 0 Å². The molecule has 1 aromatic carbocycles. The van der Waals surface area contributed by atoms with Crippen LogP contribution in [0.1, 0.15) is 18.7 Å². The number of hydrogen-bond donors (Lipinski definition) is 2. The summed E-state index contributed by atoms with van der Waals surface area (Å²) in [6, 6.07) is 4.78. The molecule has 2 N–H and O–H groups in total. The fraction of sp³-hybridized carbons (Fsp3) is 0.333. The van der Waals surface area contributed by atoms with E-state index in [1.807, 2.05) is 0 Å². The molecule has 1 aliphatic rings. The first-order chi connectivity index (χ1) is 9.20. The maximum atomic E-state index is 13.1. The zero-order chi connectivity index (χ0) is 13.2. The van der Waals surface area contributed by atoms with Gasteiger partial charge < -0.3 is 15.1 Å². The zero-order valence-electron chi connectivity index (χ0n) is 9.99. The number of nitrogens with one attached hydrogen (secondary N) is 2. The Hall–Kier alpha value is -1.66. The van der Waals surface area contributed by atoms with Gasteiger partial charge >= 0.3 is 6.01 Å². The summed E-state index contributed by atoms with van der Waals surface area (Å²) < 4.78 is 18.5. The molecule has 1 saturated carbocycles. The molecule has 0 atom stereocenters. The largest absolute Gasteiger partial charge is 0.406 e. The summed E-state index contributed by atoms with van der Waals surface area (Å²) in [4.78, 5) is 0. The van der Waals surface area contributed by atoms with Crippen LogP contribution in [0.15, 0.2) is 22.6 Å². The highest BCUT2D eigenvalue weighted by Crippen LogP contribution is 2.25. The summed E-state index contributed by atoms with van der Waals surface area (Å²) in [5.74, 6) is 0.101. The molecule has 0 aliphatic heterocycles. The van der Waals surface area contributed by atoms with Gasteiger partial charge in [-0.2, -0.15) is 0 Å². The highest BCUT2D eigenvalue weighted by atomic mass is 35.5. The smallest absolute Gasteiger partial charge is 0.320 e. The van der Waals surface area contributed by atoms with Crippen molar-refractivity contribution in [3.63, 3.8) is 0 Å². The Kier molecular flexibility index (Phi) is 3.35. The monoisotopic (exact) mass is 282 g/mol. The summed E-state index contributed by atoms with van der Waals surface area (Å²) in [6.07, 6.45) is 2.39. The molecular formula is C12H12ClFN4O. The van der Waals surface area contributed by atoms with E-state index in [1.54, 1.807) is 0 Å². The van der Waals surface area contributed by atoms with Crippen molar-refractivity contribution in [1.29, 1.82) is 0 Å². The van der Waals surface area contributed by atoms with Crippen molar-refractivity contribution in [2.75, 3.05) is 5.32 Å². The molecule has 0 radical (unpaired) electrons. The SMILES string of the molecule is Fc1ccc(Cl)c(Nc2nnc(CNC3CC3)o2)c1. The molecule has 100 valence electrons. The lowest BCUT2D eigenvalue weighted by Gasteiger charge is -2.03. The van der Waals surface area contributed by atoms with Crippen LogP contribution in [0.3, 0.4) is 0 Å². The van der Waals surface area contributed by atoms with Crippen LogP contribution in [0.5, 0.6) is 0 Å². The summed E-state index contributed by atoms with van der Waals surface area (Å²) in [6.45, 7) is 0.538. The maximum Gasteiger partial charge on any atom is 0.320 e. The number of aromatic nitrogens is 2. The van der Waals surface area contributed by atoms with Gasteiger partial charge in [0.25, 0.3) is 0 Å². The normalized spacial score (nSPS) is 14.6. The molecule has 0 unspecified atom stereocenters. The summed E-state index contributed by atoms with van der Waals surface area (Å²) in [5.41, 5.74) is 0.395. The molecule has 2 aromatic rings. The van der Waals surface area contributed by atoms with Crippen LogP contribution in [0.4, 0.5) is 16.1 Å². The Morgan fingerprint density at radius 2 is 2.21 bits per heavy atom. The van der Waals surface area contributed by atoms with Crippen molar-refractivity contribution in [3.05, 3.63) is 34.9 Å². The lowest BCUT2D eigenvalue weighted by atomic mass is 10.3. The molecule has 7 heteroatoms. The van der Waals surface area contributed by atoms with Crippen molar-refractivity contribution in [1.82, 2.24) is 15.5 Å². The van der Waals surface area contributed by atoms with Gasteiger partial charge in [-0.25, -0.2) is 4.39 Å². The van der Waals surface area contributed by atoms with Crippen molar-refractivity contribution < 1.29 is 8.81 Å². The lowest BCUT2D eigenvalue weighted by molar-refractivity contribution is 0.478. The Balaban J connectivity index is 1.66. The van der Waals surface area contributed by atoms with Crippen LogP contribution < -0.4 is 10.6 Å². The van der Waals surface area contributed by atoms with E-state index < -0.39 is 0 Å². The number of rotatable bonds is 5. The van der Waals surface area contributed by atoms with E-state index in [-0.39, 0.29) is 11.8 Å². The quantitative estimate of drug-likeness (QED) is 0.883. The van der Waals surface area contributed by atoms with Gasteiger partial charge in [0.1, 0.15) is 5.82 Å². The van der Waals surface area contributed by atoms with Crippen molar-refractivity contribution >= 4 is 23.3 Å². The summed E-state index contributed by atoms with van der Waals surface area (Å²) >= 11 is 5.93. The highest BCUT2D eigenvalue weighted by Gasteiger charge is 2.21. The van der Waals surface area contributed by atoms with Gasteiger partial charge in [-0.15, -0.1) is 5.10 Å². The van der Waals surface area contributed by atoms with Crippen molar-refractivity contribution in [2.45, 2.75) is 25.4 Å². The van der Waals surface area contributed by atoms with Crippen molar-refractivity contribution in [2.24, 2.45) is 0 Å². The Morgan fingerprint density at radius 3 is 3.00 bits per heavy atom. The molecule has 1 heterocycles. The molecule has 1 fully saturated rings. The summed E-state index contributed by atoms with van der Waals surface area (Å²) in [7, 11) is 0. The Labute approximate surface area is 114 Å². The average molecular weight is 283 g/mol. The molecule has 0 saturated heterocycles. The third-order valence-electron chi connectivity index (χ3n) is 2.76. The highest BCUT2D eigenvalue weighted by molar-refractivity contribution is 6.33.